The highest BCUT2D eigenvalue weighted by Gasteiger charge is 2.08. The Bertz CT molecular complexity index is 331. The van der Waals surface area contributed by atoms with Crippen molar-refractivity contribution < 1.29 is 9.13 Å². The summed E-state index contributed by atoms with van der Waals surface area (Å²) in [5.41, 5.74) is 6.09. The monoisotopic (exact) mass is 275 g/mol. The summed E-state index contributed by atoms with van der Waals surface area (Å²) in [6.45, 7) is 0.652. The summed E-state index contributed by atoms with van der Waals surface area (Å²) in [6.07, 6.45) is 2.54. The van der Waals surface area contributed by atoms with Crippen LogP contribution in [0.3, 0.4) is 0 Å². The van der Waals surface area contributed by atoms with Gasteiger partial charge in [-0.2, -0.15) is 0 Å². The van der Waals surface area contributed by atoms with Gasteiger partial charge in [-0.3, -0.25) is 0 Å². The SMILES string of the molecule is COc1cc(F)c(CCCCN)cc1Br. The van der Waals surface area contributed by atoms with Crippen molar-refractivity contribution in [2.75, 3.05) is 13.7 Å². The molecule has 0 aliphatic rings. The van der Waals surface area contributed by atoms with E-state index in [2.05, 4.69) is 15.9 Å². The van der Waals surface area contributed by atoms with E-state index in [0.29, 0.717) is 24.3 Å². The Morgan fingerprint density at radius 2 is 2.13 bits per heavy atom. The molecule has 0 radical (unpaired) electrons. The molecule has 2 nitrogen and oxygen atoms in total. The van der Waals surface area contributed by atoms with E-state index < -0.39 is 0 Å². The minimum Gasteiger partial charge on any atom is -0.495 e. The van der Waals surface area contributed by atoms with Gasteiger partial charge in [-0.15, -0.1) is 0 Å². The Morgan fingerprint density at radius 3 is 2.73 bits per heavy atom. The van der Waals surface area contributed by atoms with Gasteiger partial charge >= 0.3 is 0 Å². The molecule has 1 rings (SSSR count). The molecule has 0 heterocycles. The number of aryl methyl sites for hydroxylation is 1. The Hall–Kier alpha value is -0.610. The molecule has 1 aromatic carbocycles. The lowest BCUT2D eigenvalue weighted by atomic mass is 10.1. The van der Waals surface area contributed by atoms with Crippen LogP contribution in [0.25, 0.3) is 0 Å². The van der Waals surface area contributed by atoms with E-state index in [1.165, 1.54) is 13.2 Å². The van der Waals surface area contributed by atoms with Crippen molar-refractivity contribution >= 4 is 15.9 Å². The Balaban J connectivity index is 2.76. The molecule has 4 heteroatoms. The van der Waals surface area contributed by atoms with E-state index >= 15 is 0 Å². The number of benzene rings is 1. The minimum absolute atomic E-state index is 0.216. The second-order valence-electron chi connectivity index (χ2n) is 3.32. The molecular weight excluding hydrogens is 261 g/mol. The molecule has 0 spiro atoms. The van der Waals surface area contributed by atoms with Crippen LogP contribution in [0.2, 0.25) is 0 Å². The number of hydrogen-bond acceptors (Lipinski definition) is 2. The molecule has 0 saturated heterocycles. The van der Waals surface area contributed by atoms with Gasteiger partial charge < -0.3 is 10.5 Å². The fourth-order valence-corrected chi connectivity index (χ4v) is 1.93. The molecule has 84 valence electrons. The molecule has 0 atom stereocenters. The van der Waals surface area contributed by atoms with E-state index in [0.717, 1.165) is 17.3 Å². The van der Waals surface area contributed by atoms with Gasteiger partial charge in [-0.05, 0) is 53.4 Å². The fraction of sp³-hybridized carbons (Fsp3) is 0.455. The predicted molar refractivity (Wildman–Crippen MR) is 62.6 cm³/mol. The first-order chi connectivity index (χ1) is 7.19. The summed E-state index contributed by atoms with van der Waals surface area (Å²) in [5, 5.41) is 0. The van der Waals surface area contributed by atoms with Gasteiger partial charge in [0, 0.05) is 6.07 Å². The predicted octanol–water partition coefficient (Wildman–Crippen LogP) is 2.88. The first-order valence-corrected chi connectivity index (χ1v) is 5.70. The summed E-state index contributed by atoms with van der Waals surface area (Å²) in [5.74, 6) is 0.308. The van der Waals surface area contributed by atoms with E-state index in [1.807, 2.05) is 0 Å². The molecule has 0 bridgehead atoms. The van der Waals surface area contributed by atoms with Crippen LogP contribution >= 0.6 is 15.9 Å². The van der Waals surface area contributed by atoms with Crippen molar-refractivity contribution in [2.45, 2.75) is 19.3 Å². The van der Waals surface area contributed by atoms with Gasteiger partial charge in [-0.25, -0.2) is 4.39 Å². The van der Waals surface area contributed by atoms with Crippen molar-refractivity contribution in [1.82, 2.24) is 0 Å². The lowest BCUT2D eigenvalue weighted by Gasteiger charge is -2.07. The number of unbranched alkanes of at least 4 members (excludes halogenated alkanes) is 1. The number of methoxy groups -OCH3 is 1. The third-order valence-corrected chi connectivity index (χ3v) is 2.84. The topological polar surface area (TPSA) is 35.2 Å². The van der Waals surface area contributed by atoms with Gasteiger partial charge in [0.1, 0.15) is 11.6 Å². The van der Waals surface area contributed by atoms with Gasteiger partial charge in [-0.1, -0.05) is 0 Å². The average Bonchev–Trinajstić information content (AvgIpc) is 2.23. The second kappa shape index (κ2) is 6.08. The molecule has 15 heavy (non-hydrogen) atoms. The third kappa shape index (κ3) is 3.47. The van der Waals surface area contributed by atoms with Crippen LogP contribution in [0.4, 0.5) is 4.39 Å². The van der Waals surface area contributed by atoms with E-state index in [9.17, 15) is 4.39 Å². The fourth-order valence-electron chi connectivity index (χ4n) is 1.38. The van der Waals surface area contributed by atoms with Gasteiger partial charge in [0.15, 0.2) is 0 Å². The summed E-state index contributed by atoms with van der Waals surface area (Å²) in [4.78, 5) is 0. The first kappa shape index (κ1) is 12.5. The van der Waals surface area contributed by atoms with Crippen molar-refractivity contribution in [3.8, 4) is 5.75 Å². The molecule has 0 unspecified atom stereocenters. The highest BCUT2D eigenvalue weighted by atomic mass is 79.9. The van der Waals surface area contributed by atoms with Crippen LogP contribution in [-0.4, -0.2) is 13.7 Å². The normalized spacial score (nSPS) is 10.4. The van der Waals surface area contributed by atoms with E-state index in [4.69, 9.17) is 10.5 Å². The largest absolute Gasteiger partial charge is 0.495 e. The minimum atomic E-state index is -0.216. The zero-order valence-electron chi connectivity index (χ0n) is 8.72. The maximum atomic E-state index is 13.5. The number of nitrogens with two attached hydrogens (primary N) is 1. The number of rotatable bonds is 5. The maximum Gasteiger partial charge on any atom is 0.135 e. The number of hydrogen-bond donors (Lipinski definition) is 1. The van der Waals surface area contributed by atoms with Crippen LogP contribution in [0, 0.1) is 5.82 Å². The van der Waals surface area contributed by atoms with Crippen molar-refractivity contribution in [3.05, 3.63) is 28.0 Å². The van der Waals surface area contributed by atoms with Crippen molar-refractivity contribution in [3.63, 3.8) is 0 Å². The van der Waals surface area contributed by atoms with Gasteiger partial charge in [0.25, 0.3) is 0 Å². The molecule has 0 aliphatic heterocycles. The van der Waals surface area contributed by atoms with Crippen LogP contribution in [0.5, 0.6) is 5.75 Å². The summed E-state index contributed by atoms with van der Waals surface area (Å²) in [6, 6.07) is 3.17. The summed E-state index contributed by atoms with van der Waals surface area (Å²) in [7, 11) is 1.52. The van der Waals surface area contributed by atoms with Crippen LogP contribution < -0.4 is 10.5 Å². The Labute approximate surface area is 97.7 Å². The molecule has 0 saturated carbocycles. The smallest absolute Gasteiger partial charge is 0.135 e. The quantitative estimate of drug-likeness (QED) is 0.839. The van der Waals surface area contributed by atoms with Gasteiger partial charge in [0.05, 0.1) is 11.6 Å². The molecule has 0 fully saturated rings. The van der Waals surface area contributed by atoms with Crippen LogP contribution in [0.1, 0.15) is 18.4 Å². The zero-order chi connectivity index (χ0) is 11.3. The average molecular weight is 276 g/mol. The Morgan fingerprint density at radius 1 is 1.40 bits per heavy atom. The Kier molecular flexibility index (Phi) is 5.05. The number of halogens is 2. The van der Waals surface area contributed by atoms with E-state index in [-0.39, 0.29) is 5.82 Å². The van der Waals surface area contributed by atoms with Crippen LogP contribution in [0.15, 0.2) is 16.6 Å². The molecule has 0 aliphatic carbocycles. The summed E-state index contributed by atoms with van der Waals surface area (Å²) < 4.78 is 19.3. The lowest BCUT2D eigenvalue weighted by Crippen LogP contribution is -2.00. The number of ether oxygens (including phenoxy) is 1. The molecule has 0 amide bonds. The van der Waals surface area contributed by atoms with E-state index in [1.54, 1.807) is 6.07 Å². The van der Waals surface area contributed by atoms with Crippen molar-refractivity contribution in [1.29, 1.82) is 0 Å². The second-order valence-corrected chi connectivity index (χ2v) is 4.18. The third-order valence-electron chi connectivity index (χ3n) is 2.22. The zero-order valence-corrected chi connectivity index (χ0v) is 10.3. The first-order valence-electron chi connectivity index (χ1n) is 4.91. The van der Waals surface area contributed by atoms with Crippen LogP contribution in [-0.2, 0) is 6.42 Å². The summed E-state index contributed by atoms with van der Waals surface area (Å²) >= 11 is 3.33. The molecule has 2 N–H and O–H groups in total. The highest BCUT2D eigenvalue weighted by Crippen LogP contribution is 2.28. The molecule has 1 aromatic rings. The van der Waals surface area contributed by atoms with Crippen molar-refractivity contribution in [2.24, 2.45) is 5.73 Å². The molecular formula is C11H15BrFNO. The standard InChI is InChI=1S/C11H15BrFNO/c1-15-11-7-10(13)8(6-9(11)12)4-2-3-5-14/h6-7H,2-5,14H2,1H3. The maximum absolute atomic E-state index is 13.5. The molecule has 0 aromatic heterocycles. The van der Waals surface area contributed by atoms with Gasteiger partial charge in [0.2, 0.25) is 0 Å². The lowest BCUT2D eigenvalue weighted by molar-refractivity contribution is 0.408. The highest BCUT2D eigenvalue weighted by molar-refractivity contribution is 9.10.